The lowest BCUT2D eigenvalue weighted by molar-refractivity contribution is 0.356. The normalized spacial score (nSPS) is 10.0. The number of para-hydroxylation sites is 1. The number of hydrogen-bond donors (Lipinski definition) is 1. The maximum atomic E-state index is 5.38. The van der Waals surface area contributed by atoms with Crippen molar-refractivity contribution in [2.45, 2.75) is 0 Å². The molecule has 0 fully saturated rings. The Morgan fingerprint density at radius 3 is 2.59 bits per heavy atom. The number of aromatic amines is 1. The molecule has 4 heteroatoms. The Balaban J connectivity index is 2.63. The topological polar surface area (TPSA) is 34.2 Å². The summed E-state index contributed by atoms with van der Waals surface area (Å²) >= 11 is 5.15. The van der Waals surface area contributed by atoms with E-state index in [2.05, 4.69) is 4.98 Å². The van der Waals surface area contributed by atoms with Gasteiger partial charge in [-0.1, -0.05) is 18.3 Å². The van der Waals surface area contributed by atoms with E-state index >= 15 is 0 Å². The highest BCUT2D eigenvalue weighted by molar-refractivity contribution is 7.71. The maximum absolute atomic E-state index is 5.38. The van der Waals surface area contributed by atoms with Gasteiger partial charge in [0.25, 0.3) is 0 Å². The van der Waals surface area contributed by atoms with Gasteiger partial charge in [0.2, 0.25) is 0 Å². The van der Waals surface area contributed by atoms with Gasteiger partial charge in [-0.05, 0) is 24.3 Å². The lowest BCUT2D eigenvalue weighted by atomic mass is 10.1. The van der Waals surface area contributed by atoms with Gasteiger partial charge in [0.05, 0.1) is 19.9 Å². The van der Waals surface area contributed by atoms with E-state index in [0.29, 0.717) is 11.5 Å². The summed E-state index contributed by atoms with van der Waals surface area (Å²) in [7, 11) is 3.24. The molecule has 2 rings (SSSR count). The average molecular weight is 247 g/mol. The van der Waals surface area contributed by atoms with Crippen LogP contribution in [-0.4, -0.2) is 19.2 Å². The van der Waals surface area contributed by atoms with Crippen molar-refractivity contribution >= 4 is 12.2 Å². The number of aromatic nitrogens is 1. The zero-order valence-electron chi connectivity index (χ0n) is 9.69. The Kier molecular flexibility index (Phi) is 3.44. The standard InChI is InChI=1S/C13H13NO2S/c1-15-12-5-3-4-10(13(12)16-2)11-8-9(17)6-7-14-11/h3-8H,1-2H3,(H,14,17). The largest absolute Gasteiger partial charge is 0.493 e. The number of nitrogens with one attached hydrogen (secondary N) is 1. The maximum Gasteiger partial charge on any atom is 0.170 e. The Labute approximate surface area is 105 Å². The van der Waals surface area contributed by atoms with Gasteiger partial charge in [-0.15, -0.1) is 0 Å². The number of ether oxygens (including phenoxy) is 2. The van der Waals surface area contributed by atoms with Gasteiger partial charge in [0, 0.05) is 16.3 Å². The van der Waals surface area contributed by atoms with Crippen molar-refractivity contribution in [3.05, 3.63) is 41.0 Å². The second-order valence-corrected chi connectivity index (χ2v) is 3.95. The molecule has 1 aromatic heterocycles. The van der Waals surface area contributed by atoms with Crippen LogP contribution in [0, 0.1) is 4.51 Å². The van der Waals surface area contributed by atoms with Crippen molar-refractivity contribution in [1.82, 2.24) is 4.98 Å². The predicted octanol–water partition coefficient (Wildman–Crippen LogP) is 3.43. The van der Waals surface area contributed by atoms with Gasteiger partial charge in [-0.3, -0.25) is 0 Å². The van der Waals surface area contributed by atoms with E-state index in [4.69, 9.17) is 21.7 Å². The molecule has 0 aliphatic carbocycles. The molecule has 0 saturated carbocycles. The molecule has 0 aliphatic heterocycles. The molecule has 1 heterocycles. The van der Waals surface area contributed by atoms with Crippen LogP contribution in [0.25, 0.3) is 11.3 Å². The Morgan fingerprint density at radius 2 is 1.94 bits per heavy atom. The van der Waals surface area contributed by atoms with Crippen LogP contribution >= 0.6 is 12.2 Å². The monoisotopic (exact) mass is 247 g/mol. The fourth-order valence-corrected chi connectivity index (χ4v) is 1.89. The van der Waals surface area contributed by atoms with Crippen molar-refractivity contribution in [3.63, 3.8) is 0 Å². The molecule has 3 nitrogen and oxygen atoms in total. The minimum Gasteiger partial charge on any atom is -0.493 e. The number of hydrogen-bond acceptors (Lipinski definition) is 3. The molecule has 0 spiro atoms. The van der Waals surface area contributed by atoms with Crippen LogP contribution in [-0.2, 0) is 0 Å². The molecule has 1 N–H and O–H groups in total. The molecule has 0 radical (unpaired) electrons. The Hall–Kier alpha value is -1.81. The van der Waals surface area contributed by atoms with Gasteiger partial charge in [0.1, 0.15) is 0 Å². The van der Waals surface area contributed by atoms with E-state index in [1.54, 1.807) is 14.2 Å². The summed E-state index contributed by atoms with van der Waals surface area (Å²) in [5.74, 6) is 1.40. The lowest BCUT2D eigenvalue weighted by Gasteiger charge is -2.12. The highest BCUT2D eigenvalue weighted by Gasteiger charge is 2.11. The summed E-state index contributed by atoms with van der Waals surface area (Å²) in [4.78, 5) is 3.15. The van der Waals surface area contributed by atoms with Gasteiger partial charge < -0.3 is 14.5 Å². The van der Waals surface area contributed by atoms with E-state index in [0.717, 1.165) is 15.8 Å². The molecular formula is C13H13NO2S. The van der Waals surface area contributed by atoms with Crippen LogP contribution in [0.1, 0.15) is 0 Å². The zero-order valence-corrected chi connectivity index (χ0v) is 10.5. The molecule has 0 saturated heterocycles. The molecule has 88 valence electrons. The predicted molar refractivity (Wildman–Crippen MR) is 70.2 cm³/mol. The van der Waals surface area contributed by atoms with Crippen LogP contribution in [0.15, 0.2) is 36.5 Å². The highest BCUT2D eigenvalue weighted by Crippen LogP contribution is 2.36. The van der Waals surface area contributed by atoms with Gasteiger partial charge in [0.15, 0.2) is 11.5 Å². The number of methoxy groups -OCH3 is 2. The van der Waals surface area contributed by atoms with Crippen LogP contribution < -0.4 is 9.47 Å². The number of pyridine rings is 1. The summed E-state index contributed by atoms with van der Waals surface area (Å²) in [6.45, 7) is 0. The molecule has 2 aromatic rings. The van der Waals surface area contributed by atoms with Crippen LogP contribution in [0.4, 0.5) is 0 Å². The summed E-state index contributed by atoms with van der Waals surface area (Å²) in [6.07, 6.45) is 1.82. The third-order valence-corrected chi connectivity index (χ3v) is 2.72. The second-order valence-electron chi connectivity index (χ2n) is 3.48. The van der Waals surface area contributed by atoms with E-state index in [1.165, 1.54) is 0 Å². The highest BCUT2D eigenvalue weighted by atomic mass is 32.1. The SMILES string of the molecule is COc1cccc(-c2cc(=S)cc[nH]2)c1OC. The molecule has 0 amide bonds. The van der Waals surface area contributed by atoms with Crippen molar-refractivity contribution < 1.29 is 9.47 Å². The summed E-state index contributed by atoms with van der Waals surface area (Å²) < 4.78 is 11.4. The third-order valence-electron chi connectivity index (χ3n) is 2.47. The first-order valence-electron chi connectivity index (χ1n) is 5.16. The lowest BCUT2D eigenvalue weighted by Crippen LogP contribution is -1.94. The average Bonchev–Trinajstić information content (AvgIpc) is 2.37. The number of benzene rings is 1. The number of rotatable bonds is 3. The third kappa shape index (κ3) is 2.31. The van der Waals surface area contributed by atoms with Crippen molar-refractivity contribution in [1.29, 1.82) is 0 Å². The second kappa shape index (κ2) is 5.01. The first-order valence-corrected chi connectivity index (χ1v) is 5.57. The molecule has 1 aromatic carbocycles. The molecule has 0 bridgehead atoms. The summed E-state index contributed by atoms with van der Waals surface area (Å²) in [5.41, 5.74) is 1.84. The van der Waals surface area contributed by atoms with Crippen molar-refractivity contribution in [2.24, 2.45) is 0 Å². The van der Waals surface area contributed by atoms with Gasteiger partial charge in [-0.25, -0.2) is 0 Å². The summed E-state index contributed by atoms with van der Waals surface area (Å²) in [6, 6.07) is 9.47. The minimum absolute atomic E-state index is 0.701. The first-order chi connectivity index (χ1) is 8.26. The fourth-order valence-electron chi connectivity index (χ4n) is 1.70. The Morgan fingerprint density at radius 1 is 1.12 bits per heavy atom. The summed E-state index contributed by atoms with van der Waals surface area (Å²) in [5, 5.41) is 0. The van der Waals surface area contributed by atoms with Crippen LogP contribution in [0.3, 0.4) is 0 Å². The van der Waals surface area contributed by atoms with Crippen LogP contribution in [0.5, 0.6) is 11.5 Å². The van der Waals surface area contributed by atoms with Crippen molar-refractivity contribution in [3.8, 4) is 22.8 Å². The van der Waals surface area contributed by atoms with Gasteiger partial charge in [-0.2, -0.15) is 0 Å². The number of H-pyrrole nitrogens is 1. The van der Waals surface area contributed by atoms with Gasteiger partial charge >= 0.3 is 0 Å². The van der Waals surface area contributed by atoms with Crippen molar-refractivity contribution in [2.75, 3.05) is 14.2 Å². The molecule has 0 atom stereocenters. The van der Waals surface area contributed by atoms with E-state index < -0.39 is 0 Å². The molecule has 17 heavy (non-hydrogen) atoms. The van der Waals surface area contributed by atoms with E-state index in [1.807, 2.05) is 36.5 Å². The minimum atomic E-state index is 0.701. The van der Waals surface area contributed by atoms with E-state index in [9.17, 15) is 0 Å². The van der Waals surface area contributed by atoms with Crippen LogP contribution in [0.2, 0.25) is 0 Å². The van der Waals surface area contributed by atoms with E-state index in [-0.39, 0.29) is 0 Å². The molecule has 0 unspecified atom stereocenters. The molecule has 0 aliphatic rings. The molecular weight excluding hydrogens is 234 g/mol. The smallest absolute Gasteiger partial charge is 0.170 e. The fraction of sp³-hybridized carbons (Fsp3) is 0.154. The zero-order chi connectivity index (χ0) is 12.3. The Bertz CT molecular complexity index is 578. The first kappa shape index (κ1) is 11.7. The quantitative estimate of drug-likeness (QED) is 0.844.